The van der Waals surface area contributed by atoms with Crippen LogP contribution in [0, 0.1) is 5.92 Å². The summed E-state index contributed by atoms with van der Waals surface area (Å²) < 4.78 is 0. The number of carbonyl (C=O) groups is 1. The highest BCUT2D eigenvalue weighted by Crippen LogP contribution is 2.47. The molecule has 1 atom stereocenters. The molecule has 0 bridgehead atoms. The van der Waals surface area contributed by atoms with Gasteiger partial charge >= 0.3 is 7.12 Å². The van der Waals surface area contributed by atoms with Crippen molar-refractivity contribution in [3.05, 3.63) is 23.8 Å². The number of hydrogen-bond donors (Lipinski definition) is 2. The number of fused-ring (bicyclic) bond motifs is 1. The second-order valence-corrected chi connectivity index (χ2v) is 6.85. The molecule has 4 nitrogen and oxygen atoms in total. The van der Waals surface area contributed by atoms with E-state index in [9.17, 15) is 14.8 Å². The van der Waals surface area contributed by atoms with E-state index in [1.165, 1.54) is 25.7 Å². The van der Waals surface area contributed by atoms with Gasteiger partial charge in [-0.3, -0.25) is 0 Å². The summed E-state index contributed by atoms with van der Waals surface area (Å²) in [5, 5.41) is 18.8. The van der Waals surface area contributed by atoms with Crippen LogP contribution in [0.4, 0.5) is 5.69 Å². The van der Waals surface area contributed by atoms with E-state index in [0.717, 1.165) is 30.4 Å². The van der Waals surface area contributed by atoms with Crippen LogP contribution in [0.5, 0.6) is 0 Å². The highest BCUT2D eigenvalue weighted by atomic mass is 16.4. The van der Waals surface area contributed by atoms with Gasteiger partial charge in [0.2, 0.25) is 0 Å². The summed E-state index contributed by atoms with van der Waals surface area (Å²) in [4.78, 5) is 14.2. The normalized spacial score (nSPS) is 25.7. The molecule has 1 aromatic rings. The van der Waals surface area contributed by atoms with Crippen LogP contribution < -0.4 is 10.4 Å². The quantitative estimate of drug-likeness (QED) is 0.501. The Balaban J connectivity index is 2.03. The van der Waals surface area contributed by atoms with Crippen LogP contribution in [0.3, 0.4) is 0 Å². The van der Waals surface area contributed by atoms with Crippen molar-refractivity contribution in [3.63, 3.8) is 0 Å². The minimum Gasteiger partial charge on any atom is -0.423 e. The summed E-state index contributed by atoms with van der Waals surface area (Å²) >= 11 is 0. The Bertz CT molecular complexity index is 555. The van der Waals surface area contributed by atoms with E-state index in [2.05, 4.69) is 4.90 Å². The first-order chi connectivity index (χ1) is 10.6. The summed E-state index contributed by atoms with van der Waals surface area (Å²) in [5.74, 6) is 0.390. The number of hydrogen-bond acceptors (Lipinski definition) is 4. The van der Waals surface area contributed by atoms with Crippen molar-refractivity contribution in [1.29, 1.82) is 0 Å². The van der Waals surface area contributed by atoms with Gasteiger partial charge in [-0.2, -0.15) is 0 Å². The van der Waals surface area contributed by atoms with Gasteiger partial charge in [0, 0.05) is 19.3 Å². The van der Waals surface area contributed by atoms with Crippen LogP contribution in [-0.2, 0) is 10.2 Å². The Hall–Kier alpha value is -1.33. The van der Waals surface area contributed by atoms with E-state index >= 15 is 0 Å². The summed E-state index contributed by atoms with van der Waals surface area (Å²) in [6, 6.07) is 5.46. The Morgan fingerprint density at radius 1 is 1.23 bits per heavy atom. The Labute approximate surface area is 132 Å². The van der Waals surface area contributed by atoms with Gasteiger partial charge in [0.05, 0.1) is 5.41 Å². The summed E-state index contributed by atoms with van der Waals surface area (Å²) in [6.07, 6.45) is 8.31. The second-order valence-electron chi connectivity index (χ2n) is 6.85. The fourth-order valence-electron chi connectivity index (χ4n) is 4.32. The first-order valence-corrected chi connectivity index (χ1v) is 8.26. The van der Waals surface area contributed by atoms with Gasteiger partial charge < -0.3 is 19.7 Å². The topological polar surface area (TPSA) is 60.8 Å². The number of rotatable bonds is 3. The van der Waals surface area contributed by atoms with Crippen LogP contribution in [0.1, 0.15) is 44.1 Å². The molecule has 0 aromatic heterocycles. The molecule has 0 spiro atoms. The number of nitrogens with zero attached hydrogens (tertiary/aromatic N) is 1. The van der Waals surface area contributed by atoms with Crippen LogP contribution in [0.2, 0.25) is 0 Å². The second kappa shape index (κ2) is 6.05. The zero-order valence-corrected chi connectivity index (χ0v) is 13.2. The van der Waals surface area contributed by atoms with Gasteiger partial charge in [-0.25, -0.2) is 0 Å². The van der Waals surface area contributed by atoms with Gasteiger partial charge in [-0.1, -0.05) is 37.8 Å². The van der Waals surface area contributed by atoms with E-state index in [-0.39, 0.29) is 0 Å². The zero-order valence-electron chi connectivity index (χ0n) is 13.2. The molecular weight excluding hydrogens is 277 g/mol. The fraction of sp³-hybridized carbons (Fsp3) is 0.588. The number of likely N-dealkylation sites (N-methyl/N-ethyl adjacent to an activating group) is 1. The minimum absolute atomic E-state index is 0.390. The van der Waals surface area contributed by atoms with Crippen LogP contribution in [0.15, 0.2) is 18.2 Å². The first-order valence-electron chi connectivity index (χ1n) is 8.26. The zero-order chi connectivity index (χ0) is 15.7. The van der Waals surface area contributed by atoms with E-state index in [1.54, 1.807) is 6.07 Å². The maximum Gasteiger partial charge on any atom is 0.488 e. The Morgan fingerprint density at radius 2 is 1.91 bits per heavy atom. The predicted molar refractivity (Wildman–Crippen MR) is 88.5 cm³/mol. The van der Waals surface area contributed by atoms with E-state index in [1.807, 2.05) is 19.2 Å². The number of anilines is 1. The summed E-state index contributed by atoms with van der Waals surface area (Å²) in [7, 11) is 0.511. The van der Waals surface area contributed by atoms with Crippen LogP contribution in [-0.4, -0.2) is 37.0 Å². The van der Waals surface area contributed by atoms with Crippen molar-refractivity contribution in [3.8, 4) is 0 Å². The van der Waals surface area contributed by atoms with Gasteiger partial charge in [-0.15, -0.1) is 0 Å². The Morgan fingerprint density at radius 3 is 2.50 bits per heavy atom. The molecular formula is C17H24BNO3. The van der Waals surface area contributed by atoms with Crippen molar-refractivity contribution in [2.24, 2.45) is 5.92 Å². The van der Waals surface area contributed by atoms with Gasteiger partial charge in [0.25, 0.3) is 0 Å². The highest BCUT2D eigenvalue weighted by molar-refractivity contribution is 6.58. The molecule has 1 aromatic carbocycles. The van der Waals surface area contributed by atoms with Crippen molar-refractivity contribution in [1.82, 2.24) is 0 Å². The molecule has 0 radical (unpaired) electrons. The summed E-state index contributed by atoms with van der Waals surface area (Å²) in [5.41, 5.74) is 2.06. The molecule has 0 amide bonds. The van der Waals surface area contributed by atoms with Gasteiger partial charge in [0.15, 0.2) is 0 Å². The number of carbonyl (C=O) groups excluding carboxylic acids is 1. The lowest BCUT2D eigenvalue weighted by molar-refractivity contribution is -0.114. The van der Waals surface area contributed by atoms with Crippen LogP contribution >= 0.6 is 0 Å². The average Bonchev–Trinajstić information content (AvgIpc) is 2.71. The minimum atomic E-state index is -1.47. The SMILES string of the molecule is CN1CC(C=O)(C2CCCCCC2)c2ccc(B(O)O)cc21. The highest BCUT2D eigenvalue weighted by Gasteiger charge is 2.47. The molecule has 1 aliphatic carbocycles. The van der Waals surface area contributed by atoms with Crippen molar-refractivity contribution in [2.75, 3.05) is 18.5 Å². The van der Waals surface area contributed by atoms with Crippen molar-refractivity contribution in [2.45, 2.75) is 43.9 Å². The molecule has 22 heavy (non-hydrogen) atoms. The maximum atomic E-state index is 12.1. The molecule has 2 N–H and O–H groups in total. The van der Waals surface area contributed by atoms with Crippen LogP contribution in [0.25, 0.3) is 0 Å². The monoisotopic (exact) mass is 301 g/mol. The molecule has 5 heteroatoms. The van der Waals surface area contributed by atoms with E-state index in [4.69, 9.17) is 0 Å². The largest absolute Gasteiger partial charge is 0.488 e. The molecule has 118 valence electrons. The number of aldehydes is 1. The third-order valence-electron chi connectivity index (χ3n) is 5.53. The van der Waals surface area contributed by atoms with Gasteiger partial charge in [0.1, 0.15) is 6.29 Å². The molecule has 0 saturated heterocycles. The fourth-order valence-corrected chi connectivity index (χ4v) is 4.32. The lowest BCUT2D eigenvalue weighted by atomic mass is 9.68. The first kappa shape index (κ1) is 15.6. The standard InChI is InChI=1S/C17H24BNO3/c1-19-11-17(12-20,13-6-4-2-3-5-7-13)15-9-8-14(18(21)22)10-16(15)19/h8-10,12-13,21-22H,2-7,11H2,1H3. The third-order valence-corrected chi connectivity index (χ3v) is 5.53. The maximum absolute atomic E-state index is 12.1. The Kier molecular flexibility index (Phi) is 4.28. The lowest BCUT2D eigenvalue weighted by Crippen LogP contribution is -2.40. The number of benzene rings is 1. The molecule has 1 saturated carbocycles. The molecule has 1 fully saturated rings. The smallest absolute Gasteiger partial charge is 0.423 e. The lowest BCUT2D eigenvalue weighted by Gasteiger charge is -2.33. The molecule has 2 aliphatic rings. The molecule has 1 aliphatic heterocycles. The molecule has 1 heterocycles. The summed E-state index contributed by atoms with van der Waals surface area (Å²) in [6.45, 7) is 0.696. The average molecular weight is 301 g/mol. The van der Waals surface area contributed by atoms with E-state index in [0.29, 0.717) is 17.9 Å². The third kappa shape index (κ3) is 2.46. The van der Waals surface area contributed by atoms with E-state index < -0.39 is 12.5 Å². The van der Waals surface area contributed by atoms with Crippen molar-refractivity contribution >= 4 is 24.6 Å². The van der Waals surface area contributed by atoms with Gasteiger partial charge in [-0.05, 0) is 35.9 Å². The van der Waals surface area contributed by atoms with Crippen molar-refractivity contribution < 1.29 is 14.8 Å². The predicted octanol–water partition coefficient (Wildman–Crippen LogP) is 1.22. The molecule has 3 rings (SSSR count). The molecule has 1 unspecified atom stereocenters.